The molecule has 0 aromatic carbocycles. The van der Waals surface area contributed by atoms with E-state index in [0.29, 0.717) is 12.8 Å². The van der Waals surface area contributed by atoms with Crippen LogP contribution in [-0.4, -0.2) is 140 Å². The van der Waals surface area contributed by atoms with Gasteiger partial charge in [-0.15, -0.1) is 0 Å². The van der Waals surface area contributed by atoms with Crippen molar-refractivity contribution in [1.82, 2.24) is 5.32 Å². The molecule has 2 fully saturated rings. The van der Waals surface area contributed by atoms with Gasteiger partial charge in [0.2, 0.25) is 5.91 Å². The van der Waals surface area contributed by atoms with Crippen molar-refractivity contribution >= 4 is 5.91 Å². The van der Waals surface area contributed by atoms with Crippen LogP contribution in [0.4, 0.5) is 0 Å². The van der Waals surface area contributed by atoms with Gasteiger partial charge in [0.05, 0.1) is 32.0 Å². The first kappa shape index (κ1) is 74.5. The molecule has 1 amide bonds. The minimum absolute atomic E-state index is 0.235. The highest BCUT2D eigenvalue weighted by Crippen LogP contribution is 2.30. The molecule has 2 saturated heterocycles. The smallest absolute Gasteiger partial charge is 0.220 e. The van der Waals surface area contributed by atoms with Gasteiger partial charge in [-0.1, -0.05) is 203 Å². The molecule has 0 saturated carbocycles. The number of carbonyl (C=O) groups is 1. The minimum Gasteiger partial charge on any atom is -0.394 e. The van der Waals surface area contributed by atoms with Crippen LogP contribution < -0.4 is 5.32 Å². The Hall–Kier alpha value is -4.65. The molecule has 83 heavy (non-hydrogen) atoms. The molecule has 0 aliphatic carbocycles. The van der Waals surface area contributed by atoms with Gasteiger partial charge in [0.1, 0.15) is 48.8 Å². The molecule has 0 bridgehead atoms. The molecular formula is C69H107NO13. The minimum atomic E-state index is -1.80. The van der Waals surface area contributed by atoms with E-state index in [1.54, 1.807) is 6.08 Å². The third-order valence-electron chi connectivity index (χ3n) is 13.6. The monoisotopic (exact) mass is 1160 g/mol. The third kappa shape index (κ3) is 36.7. The van der Waals surface area contributed by atoms with E-state index in [1.807, 2.05) is 6.08 Å². The van der Waals surface area contributed by atoms with Crippen molar-refractivity contribution in [3.8, 4) is 0 Å². The summed E-state index contributed by atoms with van der Waals surface area (Å²) in [5.74, 6) is -0.284. The molecule has 12 atom stereocenters. The number of carbonyl (C=O) groups excluding carboxylic acids is 1. The molecule has 466 valence electrons. The number of aliphatic hydroxyl groups is 8. The Morgan fingerprint density at radius 2 is 0.807 bits per heavy atom. The zero-order valence-corrected chi connectivity index (χ0v) is 50.1. The van der Waals surface area contributed by atoms with Crippen molar-refractivity contribution in [2.45, 2.75) is 235 Å². The molecular weight excluding hydrogens is 1050 g/mol. The Kier molecular flexibility index (Phi) is 46.4. The number of ether oxygens (including phenoxy) is 4. The highest BCUT2D eigenvalue weighted by molar-refractivity contribution is 5.76. The molecule has 9 N–H and O–H groups in total. The lowest BCUT2D eigenvalue weighted by atomic mass is 9.97. The Labute approximate surface area is 498 Å². The van der Waals surface area contributed by atoms with Crippen molar-refractivity contribution in [3.63, 3.8) is 0 Å². The summed E-state index contributed by atoms with van der Waals surface area (Å²) >= 11 is 0. The van der Waals surface area contributed by atoms with Crippen LogP contribution in [0.25, 0.3) is 0 Å². The van der Waals surface area contributed by atoms with Crippen molar-refractivity contribution in [1.29, 1.82) is 0 Å². The molecule has 0 spiro atoms. The predicted octanol–water partition coefficient (Wildman–Crippen LogP) is 11.3. The highest BCUT2D eigenvalue weighted by atomic mass is 16.7. The first-order chi connectivity index (χ1) is 40.6. The second kappa shape index (κ2) is 51.7. The number of unbranched alkanes of at least 4 members (excludes halogenated alkanes) is 7. The van der Waals surface area contributed by atoms with Crippen LogP contribution in [0.5, 0.6) is 0 Å². The fraction of sp³-hybridized carbons (Fsp3) is 0.580. The van der Waals surface area contributed by atoms with Crippen LogP contribution in [0.3, 0.4) is 0 Å². The average molecular weight is 1160 g/mol. The lowest BCUT2D eigenvalue weighted by molar-refractivity contribution is -0.359. The Morgan fingerprint density at radius 3 is 1.28 bits per heavy atom. The van der Waals surface area contributed by atoms with E-state index in [4.69, 9.17) is 18.9 Å². The summed E-state index contributed by atoms with van der Waals surface area (Å²) in [7, 11) is 0. The Bertz CT molecular complexity index is 2040. The van der Waals surface area contributed by atoms with Gasteiger partial charge < -0.3 is 65.1 Å². The van der Waals surface area contributed by atoms with E-state index in [9.17, 15) is 45.6 Å². The van der Waals surface area contributed by atoms with Gasteiger partial charge >= 0.3 is 0 Å². The zero-order valence-electron chi connectivity index (χ0n) is 50.1. The summed E-state index contributed by atoms with van der Waals surface area (Å²) in [6.45, 7) is 2.47. The van der Waals surface area contributed by atoms with Crippen LogP contribution in [0.1, 0.15) is 162 Å². The fourth-order valence-electron chi connectivity index (χ4n) is 8.74. The van der Waals surface area contributed by atoms with Gasteiger partial charge in [-0.05, 0) is 122 Å². The molecule has 2 aliphatic rings. The van der Waals surface area contributed by atoms with Gasteiger partial charge in [0.25, 0.3) is 0 Å². The average Bonchev–Trinajstić information content (AvgIpc) is 3.47. The van der Waals surface area contributed by atoms with Crippen LogP contribution in [0, 0.1) is 0 Å². The number of amides is 1. The third-order valence-corrected chi connectivity index (χ3v) is 13.6. The molecule has 14 heteroatoms. The molecule has 12 unspecified atom stereocenters. The Morgan fingerprint density at radius 1 is 0.434 bits per heavy atom. The van der Waals surface area contributed by atoms with Gasteiger partial charge in [-0.25, -0.2) is 0 Å². The highest BCUT2D eigenvalue weighted by Gasteiger charge is 2.51. The van der Waals surface area contributed by atoms with Gasteiger partial charge in [0.15, 0.2) is 12.6 Å². The second-order valence-electron chi connectivity index (χ2n) is 20.7. The normalized spacial score (nSPS) is 25.0. The van der Waals surface area contributed by atoms with Gasteiger partial charge in [-0.3, -0.25) is 4.79 Å². The SMILES string of the molecule is CC/C=C\C/C=C\C/C=C\C/C=C\C/C=C\C/C=C\C/C=C\C/C=C\C/C=C\C/C=C\C/C=C\CCCCCCCC(=O)NC(COC1OC(CO)C(OC2OC(CO)C(O)C(O)C2O)C(O)C1O)C(O)/C=C/CC/C=C/CC/C=C/CC. The predicted molar refractivity (Wildman–Crippen MR) is 336 cm³/mol. The summed E-state index contributed by atoms with van der Waals surface area (Å²) in [5, 5.41) is 86.8. The summed E-state index contributed by atoms with van der Waals surface area (Å²) in [6.07, 6.45) is 64.3. The van der Waals surface area contributed by atoms with E-state index >= 15 is 0 Å². The number of rotatable bonds is 46. The van der Waals surface area contributed by atoms with E-state index in [-0.39, 0.29) is 18.9 Å². The molecule has 2 aliphatic heterocycles. The van der Waals surface area contributed by atoms with Crippen molar-refractivity contribution in [2.75, 3.05) is 19.8 Å². The first-order valence-electron chi connectivity index (χ1n) is 30.9. The van der Waals surface area contributed by atoms with Crippen molar-refractivity contribution < 1.29 is 64.6 Å². The fourth-order valence-corrected chi connectivity index (χ4v) is 8.74. The summed E-state index contributed by atoms with van der Waals surface area (Å²) in [4.78, 5) is 13.2. The van der Waals surface area contributed by atoms with Crippen molar-refractivity contribution in [2.24, 2.45) is 0 Å². The topological polar surface area (TPSA) is 228 Å². The van der Waals surface area contributed by atoms with Crippen LogP contribution in [-0.2, 0) is 23.7 Å². The molecule has 14 nitrogen and oxygen atoms in total. The number of hydrogen-bond donors (Lipinski definition) is 9. The number of hydrogen-bond acceptors (Lipinski definition) is 13. The van der Waals surface area contributed by atoms with E-state index in [1.165, 1.54) is 0 Å². The molecule has 2 rings (SSSR count). The lowest BCUT2D eigenvalue weighted by Gasteiger charge is -2.46. The number of allylic oxidation sites excluding steroid dienone is 27. The molecule has 0 aromatic rings. The Balaban J connectivity index is 1.65. The number of nitrogens with one attached hydrogen (secondary N) is 1. The quantitative estimate of drug-likeness (QED) is 0.0204. The standard InChI is InChI=1S/C69H107NO13/c1-3-5-7-9-11-13-15-16-17-18-19-20-21-22-23-24-25-26-27-28-29-30-31-32-33-34-35-36-37-38-39-40-41-42-43-45-47-49-51-53-61(74)70-57(58(73)52-50-48-46-44-14-12-10-8-6-4-2)56-80-68-66(79)64(77)67(60(55-72)82-68)83-69-65(78)63(76)62(75)59(54-71)81-69/h5-8,11,13-14,16-17,19-20,22-23,25-26,28-29,31-32,34-35,37-38,40-41,44,50,52,57-60,62-69,71-73,75-79H,3-4,9-10,12,15,18,21,24,27,30,33,36,39,42-43,45-49,51,53-56H2,1-2H3,(H,70,74)/b7-5-,8-6+,13-11-,17-16-,20-19-,23-22-,26-25-,29-28-,32-31-,35-34-,38-37-,41-40-,44-14+,52-50+. The van der Waals surface area contributed by atoms with Gasteiger partial charge in [0, 0.05) is 6.42 Å². The molecule has 2 heterocycles. The maximum Gasteiger partial charge on any atom is 0.220 e. The maximum atomic E-state index is 13.2. The summed E-state index contributed by atoms with van der Waals surface area (Å²) in [6, 6.07) is -0.960. The zero-order chi connectivity index (χ0) is 60.2. The van der Waals surface area contributed by atoms with E-state index in [0.717, 1.165) is 128 Å². The maximum absolute atomic E-state index is 13.2. The van der Waals surface area contributed by atoms with Crippen LogP contribution in [0.2, 0.25) is 0 Å². The van der Waals surface area contributed by atoms with Gasteiger partial charge in [-0.2, -0.15) is 0 Å². The van der Waals surface area contributed by atoms with Crippen molar-refractivity contribution in [3.05, 3.63) is 170 Å². The largest absolute Gasteiger partial charge is 0.394 e. The molecule has 0 radical (unpaired) electrons. The van der Waals surface area contributed by atoms with Crippen LogP contribution >= 0.6 is 0 Å². The lowest BCUT2D eigenvalue weighted by Crippen LogP contribution is -2.65. The summed E-state index contributed by atoms with van der Waals surface area (Å²) in [5.41, 5.74) is 0. The van der Waals surface area contributed by atoms with E-state index < -0.39 is 86.8 Å². The molecule has 0 aromatic heterocycles. The first-order valence-corrected chi connectivity index (χ1v) is 30.9. The second-order valence-corrected chi connectivity index (χ2v) is 20.7. The van der Waals surface area contributed by atoms with E-state index in [2.05, 4.69) is 177 Å². The number of aliphatic hydroxyl groups excluding tert-OH is 8. The van der Waals surface area contributed by atoms with Crippen LogP contribution in [0.15, 0.2) is 170 Å². The summed E-state index contributed by atoms with van der Waals surface area (Å²) < 4.78 is 22.7.